The Balaban J connectivity index is 2.01. The second kappa shape index (κ2) is 7.56. The van der Waals surface area contributed by atoms with E-state index in [2.05, 4.69) is 20.8 Å². The third-order valence-corrected chi connectivity index (χ3v) is 3.12. The third kappa shape index (κ3) is 4.29. The molecule has 0 saturated carbocycles. The van der Waals surface area contributed by atoms with Crippen LogP contribution in [0.1, 0.15) is 29.0 Å². The summed E-state index contributed by atoms with van der Waals surface area (Å²) in [5.74, 6) is 1.23. The van der Waals surface area contributed by atoms with Crippen molar-refractivity contribution >= 4 is 5.91 Å². The first-order valence-electron chi connectivity index (χ1n) is 7.06. The first kappa shape index (κ1) is 16.0. The molecule has 7 heteroatoms. The van der Waals surface area contributed by atoms with Crippen molar-refractivity contribution in [1.82, 2.24) is 20.8 Å². The second-order valence-electron chi connectivity index (χ2n) is 4.91. The Morgan fingerprint density at radius 3 is 2.86 bits per heavy atom. The number of para-hydroxylation sites is 1. The molecule has 0 fully saturated rings. The summed E-state index contributed by atoms with van der Waals surface area (Å²) < 4.78 is 10.5. The number of nitrogens with zero attached hydrogens (tertiary/aromatic N) is 2. The molecule has 1 unspecified atom stereocenters. The van der Waals surface area contributed by atoms with Crippen molar-refractivity contribution in [2.24, 2.45) is 0 Å². The molecule has 1 amide bonds. The van der Waals surface area contributed by atoms with Gasteiger partial charge in [0.2, 0.25) is 11.7 Å². The predicted octanol–water partition coefficient (Wildman–Crippen LogP) is 1.29. The van der Waals surface area contributed by atoms with Crippen LogP contribution in [0, 0.1) is 6.92 Å². The van der Waals surface area contributed by atoms with Gasteiger partial charge < -0.3 is 19.9 Å². The number of hydrogen-bond acceptors (Lipinski definition) is 6. The van der Waals surface area contributed by atoms with Gasteiger partial charge in [-0.3, -0.25) is 4.79 Å². The first-order valence-corrected chi connectivity index (χ1v) is 7.06. The Morgan fingerprint density at radius 2 is 2.18 bits per heavy atom. The van der Waals surface area contributed by atoms with Gasteiger partial charge >= 0.3 is 0 Å². The minimum Gasteiger partial charge on any atom is -0.485 e. The van der Waals surface area contributed by atoms with E-state index in [0.717, 1.165) is 0 Å². The van der Waals surface area contributed by atoms with Gasteiger partial charge in [-0.1, -0.05) is 17.3 Å². The van der Waals surface area contributed by atoms with Crippen molar-refractivity contribution in [2.45, 2.75) is 26.5 Å². The fourth-order valence-corrected chi connectivity index (χ4v) is 1.77. The van der Waals surface area contributed by atoms with Crippen molar-refractivity contribution in [3.63, 3.8) is 0 Å². The summed E-state index contributed by atoms with van der Waals surface area (Å²) in [5, 5.41) is 9.68. The van der Waals surface area contributed by atoms with Crippen molar-refractivity contribution in [1.29, 1.82) is 0 Å². The number of aromatic nitrogens is 2. The molecule has 2 aromatic rings. The average molecular weight is 304 g/mol. The third-order valence-electron chi connectivity index (χ3n) is 3.12. The highest BCUT2D eigenvalue weighted by Crippen LogP contribution is 2.18. The van der Waals surface area contributed by atoms with E-state index in [1.165, 1.54) is 0 Å². The molecule has 7 nitrogen and oxygen atoms in total. The Labute approximate surface area is 129 Å². The minimum absolute atomic E-state index is 0.147. The molecule has 0 aliphatic heterocycles. The Hall–Kier alpha value is -2.41. The summed E-state index contributed by atoms with van der Waals surface area (Å²) in [6.07, 6.45) is 0. The Kier molecular flexibility index (Phi) is 5.48. The summed E-state index contributed by atoms with van der Waals surface area (Å²) >= 11 is 0. The lowest BCUT2D eigenvalue weighted by Crippen LogP contribution is -2.37. The fraction of sp³-hybridized carbons (Fsp3) is 0.400. The van der Waals surface area contributed by atoms with Crippen molar-refractivity contribution in [2.75, 3.05) is 13.6 Å². The molecule has 0 aliphatic rings. The lowest BCUT2D eigenvalue weighted by atomic mass is 10.2. The maximum Gasteiger partial charge on any atom is 0.255 e. The zero-order valence-corrected chi connectivity index (χ0v) is 12.9. The second-order valence-corrected chi connectivity index (χ2v) is 4.91. The van der Waals surface area contributed by atoms with Crippen LogP contribution >= 0.6 is 0 Å². The maximum atomic E-state index is 12.2. The topological polar surface area (TPSA) is 89.3 Å². The van der Waals surface area contributed by atoms with Crippen molar-refractivity contribution in [3.8, 4) is 5.75 Å². The summed E-state index contributed by atoms with van der Waals surface area (Å²) in [4.78, 5) is 16.3. The van der Waals surface area contributed by atoms with Gasteiger partial charge in [-0.2, -0.15) is 4.98 Å². The molecule has 0 radical (unpaired) electrons. The Bertz CT molecular complexity index is 627. The smallest absolute Gasteiger partial charge is 0.255 e. The summed E-state index contributed by atoms with van der Waals surface area (Å²) in [6.45, 7) is 4.38. The fourth-order valence-electron chi connectivity index (χ4n) is 1.77. The molecule has 1 aromatic heterocycles. The number of likely N-dealkylation sites (N-methyl/N-ethyl adjacent to an activating group) is 1. The first-order chi connectivity index (χ1) is 10.6. The van der Waals surface area contributed by atoms with Gasteiger partial charge in [0.25, 0.3) is 5.91 Å². The largest absolute Gasteiger partial charge is 0.485 e. The summed E-state index contributed by atoms with van der Waals surface area (Å²) in [6, 6.07) is 7.25. The highest BCUT2D eigenvalue weighted by Gasteiger charge is 2.13. The van der Waals surface area contributed by atoms with Gasteiger partial charge in [-0.15, -0.1) is 0 Å². The zero-order chi connectivity index (χ0) is 15.9. The highest BCUT2D eigenvalue weighted by molar-refractivity contribution is 5.96. The van der Waals surface area contributed by atoms with E-state index >= 15 is 0 Å². The number of benzene rings is 1. The van der Waals surface area contributed by atoms with E-state index in [0.29, 0.717) is 29.6 Å². The Morgan fingerprint density at radius 1 is 1.41 bits per heavy atom. The normalized spacial score (nSPS) is 12.0. The number of carbonyl (C=O) groups is 1. The number of nitrogens with one attached hydrogen (secondary N) is 2. The van der Waals surface area contributed by atoms with E-state index in [-0.39, 0.29) is 18.6 Å². The van der Waals surface area contributed by atoms with E-state index in [1.54, 1.807) is 25.1 Å². The molecule has 1 atom stereocenters. The van der Waals surface area contributed by atoms with Crippen LogP contribution in [0.2, 0.25) is 0 Å². The number of amides is 1. The van der Waals surface area contributed by atoms with Gasteiger partial charge in [-0.25, -0.2) is 0 Å². The summed E-state index contributed by atoms with van der Waals surface area (Å²) in [7, 11) is 1.85. The van der Waals surface area contributed by atoms with Crippen molar-refractivity contribution in [3.05, 3.63) is 41.5 Å². The van der Waals surface area contributed by atoms with Crippen molar-refractivity contribution < 1.29 is 14.1 Å². The van der Waals surface area contributed by atoms with Gasteiger partial charge in [0.15, 0.2) is 6.61 Å². The average Bonchev–Trinajstić information content (AvgIpc) is 2.96. The SMILES string of the molecule is CNC(C)CNC(=O)c1ccccc1OCc1noc(C)n1. The molecule has 0 spiro atoms. The van der Waals surface area contributed by atoms with Crippen LogP contribution in [0.5, 0.6) is 5.75 Å². The van der Waals surface area contributed by atoms with Gasteiger partial charge in [0.1, 0.15) is 5.75 Å². The van der Waals surface area contributed by atoms with Gasteiger partial charge in [0.05, 0.1) is 5.56 Å². The zero-order valence-electron chi connectivity index (χ0n) is 12.9. The molecule has 22 heavy (non-hydrogen) atoms. The van der Waals surface area contributed by atoms with Gasteiger partial charge in [-0.05, 0) is 26.1 Å². The molecule has 0 saturated heterocycles. The maximum absolute atomic E-state index is 12.2. The lowest BCUT2D eigenvalue weighted by molar-refractivity contribution is 0.0946. The molecule has 0 bridgehead atoms. The molecule has 0 aliphatic carbocycles. The standard InChI is InChI=1S/C15H20N4O3/c1-10(16-3)8-17-15(20)12-6-4-5-7-13(12)21-9-14-18-11(2)22-19-14/h4-7,10,16H,8-9H2,1-3H3,(H,17,20). The van der Waals surface area contributed by atoms with E-state index in [4.69, 9.17) is 9.26 Å². The number of rotatable bonds is 7. The molecule has 1 aromatic carbocycles. The molecule has 2 N–H and O–H groups in total. The molecular formula is C15H20N4O3. The van der Waals surface area contributed by atoms with E-state index in [9.17, 15) is 4.79 Å². The number of carbonyl (C=O) groups excluding carboxylic acids is 1. The number of aryl methyl sites for hydroxylation is 1. The van der Waals surface area contributed by atoms with Crippen LogP contribution in [-0.2, 0) is 6.61 Å². The van der Waals surface area contributed by atoms with Crippen LogP contribution < -0.4 is 15.4 Å². The molecule has 1 heterocycles. The highest BCUT2D eigenvalue weighted by atomic mass is 16.5. The molecular weight excluding hydrogens is 284 g/mol. The van der Waals surface area contributed by atoms with Crippen LogP contribution in [0.25, 0.3) is 0 Å². The lowest BCUT2D eigenvalue weighted by Gasteiger charge is -2.13. The van der Waals surface area contributed by atoms with Crippen LogP contribution in [-0.4, -0.2) is 35.7 Å². The summed E-state index contributed by atoms with van der Waals surface area (Å²) in [5.41, 5.74) is 0.478. The number of hydrogen-bond donors (Lipinski definition) is 2. The van der Waals surface area contributed by atoms with Gasteiger partial charge in [0, 0.05) is 19.5 Å². The number of ether oxygens (including phenoxy) is 1. The van der Waals surface area contributed by atoms with Crippen LogP contribution in [0.4, 0.5) is 0 Å². The van der Waals surface area contributed by atoms with E-state index in [1.807, 2.05) is 20.0 Å². The molecule has 2 rings (SSSR count). The molecule has 118 valence electrons. The van der Waals surface area contributed by atoms with E-state index < -0.39 is 0 Å². The monoisotopic (exact) mass is 304 g/mol. The minimum atomic E-state index is -0.179. The quantitative estimate of drug-likeness (QED) is 0.801. The van der Waals surface area contributed by atoms with Crippen LogP contribution in [0.15, 0.2) is 28.8 Å². The predicted molar refractivity (Wildman–Crippen MR) is 80.7 cm³/mol. The van der Waals surface area contributed by atoms with Crippen LogP contribution in [0.3, 0.4) is 0 Å².